The minimum Gasteiger partial charge on any atom is -0.0856 e. The van der Waals surface area contributed by atoms with Gasteiger partial charge in [0.05, 0.1) is 0 Å². The third kappa shape index (κ3) is 5.72. The van der Waals surface area contributed by atoms with E-state index in [0.29, 0.717) is 10.7 Å². The molecule has 0 fully saturated rings. The normalized spacial score (nSPS) is 13.5. The molecule has 0 amide bonds. The smallest absolute Gasteiger partial charge is 0.0856 e. The molecule has 84 valence electrons. The molecule has 0 aliphatic rings. The molecule has 0 aromatic carbocycles. The highest BCUT2D eigenvalue weighted by atomic mass is 14.3. The molecule has 0 heterocycles. The Bertz CT molecular complexity index is 163. The maximum absolute atomic E-state index is 2.42. The van der Waals surface area contributed by atoms with Crippen LogP contribution in [0.3, 0.4) is 0 Å². The van der Waals surface area contributed by atoms with Gasteiger partial charge in [-0.25, -0.2) is 0 Å². The van der Waals surface area contributed by atoms with Crippen LogP contribution in [0.2, 0.25) is 18.5 Å². The maximum Gasteiger partial charge on any atom is 0.143 e. The van der Waals surface area contributed by atoms with Crippen LogP contribution in [0.1, 0.15) is 54.9 Å². The lowest BCUT2D eigenvalue weighted by Gasteiger charge is -2.36. The summed E-state index contributed by atoms with van der Waals surface area (Å²) in [7, 11) is 0. The molecule has 0 atom stereocenters. The molecule has 0 bridgehead atoms. The van der Waals surface area contributed by atoms with Crippen molar-refractivity contribution in [2.45, 2.75) is 73.3 Å². The number of rotatable bonds is 4. The second-order valence-electron chi connectivity index (χ2n) is 7.26. The van der Waals surface area contributed by atoms with Crippen molar-refractivity contribution in [2.24, 2.45) is 11.3 Å². The van der Waals surface area contributed by atoms with E-state index in [9.17, 15) is 0 Å². The lowest BCUT2D eigenvalue weighted by Crippen LogP contribution is -2.30. The predicted octanol–water partition coefficient (Wildman–Crippen LogP) is 4.98. The van der Waals surface area contributed by atoms with Gasteiger partial charge in [0.2, 0.25) is 0 Å². The van der Waals surface area contributed by atoms with Crippen molar-refractivity contribution in [1.29, 1.82) is 0 Å². The van der Waals surface area contributed by atoms with Crippen molar-refractivity contribution in [3.63, 3.8) is 0 Å². The Morgan fingerprint density at radius 2 is 1.43 bits per heavy atom. The van der Waals surface area contributed by atoms with Crippen LogP contribution in [0, 0.1) is 11.3 Å². The minimum absolute atomic E-state index is 0.453. The summed E-state index contributed by atoms with van der Waals surface area (Å²) in [6.45, 7) is 19.8. The largest absolute Gasteiger partial charge is 0.143 e. The first kappa shape index (κ1) is 14.1. The third-order valence-electron chi connectivity index (χ3n) is 3.14. The summed E-state index contributed by atoms with van der Waals surface area (Å²) in [5.41, 5.74) is 0.453. The van der Waals surface area contributed by atoms with Crippen LogP contribution in [0.4, 0.5) is 0 Å². The second kappa shape index (κ2) is 4.72. The average molecular weight is 196 g/mol. The first-order valence-electron chi connectivity index (χ1n) is 6.04. The van der Waals surface area contributed by atoms with E-state index in [1.54, 1.807) is 0 Å². The first-order valence-corrected chi connectivity index (χ1v) is 6.04. The minimum atomic E-state index is 0.453. The van der Waals surface area contributed by atoms with E-state index in [2.05, 4.69) is 55.3 Å². The predicted molar refractivity (Wildman–Crippen MR) is 69.4 cm³/mol. The average Bonchev–Trinajstić information content (AvgIpc) is 1.78. The fraction of sp³-hybridized carbons (Fsp3) is 1.00. The topological polar surface area (TPSA) is 0 Å². The molecule has 1 heteroatoms. The molecule has 0 saturated carbocycles. The standard InChI is InChI=1S/C13H29B/c1-11(2)9-14(8)13(6,7)10-12(3,4)5/h11H,9-10H2,1-8H3. The third-order valence-corrected chi connectivity index (χ3v) is 3.14. The van der Waals surface area contributed by atoms with Crippen molar-refractivity contribution in [3.8, 4) is 0 Å². The van der Waals surface area contributed by atoms with Gasteiger partial charge in [0.15, 0.2) is 0 Å². The van der Waals surface area contributed by atoms with Gasteiger partial charge in [-0.2, -0.15) is 0 Å². The highest BCUT2D eigenvalue weighted by Crippen LogP contribution is 2.42. The van der Waals surface area contributed by atoms with Gasteiger partial charge in [-0.1, -0.05) is 72.8 Å². The Hall–Kier alpha value is 0.0649. The Morgan fingerprint density at radius 1 is 1.00 bits per heavy atom. The zero-order valence-corrected chi connectivity index (χ0v) is 11.6. The van der Waals surface area contributed by atoms with Crippen molar-refractivity contribution < 1.29 is 0 Å². The van der Waals surface area contributed by atoms with Gasteiger partial charge in [-0.05, 0) is 11.8 Å². The summed E-state index contributed by atoms with van der Waals surface area (Å²) in [5, 5.41) is 0.475. The molecule has 0 aromatic rings. The molecular formula is C13H29B. The summed E-state index contributed by atoms with van der Waals surface area (Å²) < 4.78 is 0. The highest BCUT2D eigenvalue weighted by Gasteiger charge is 2.32. The maximum atomic E-state index is 2.42. The van der Waals surface area contributed by atoms with Gasteiger partial charge >= 0.3 is 0 Å². The fourth-order valence-electron chi connectivity index (χ4n) is 2.57. The van der Waals surface area contributed by atoms with Crippen LogP contribution in [-0.4, -0.2) is 6.71 Å². The molecule has 0 unspecified atom stereocenters. The Labute approximate surface area is 91.9 Å². The molecular weight excluding hydrogens is 167 g/mol. The van der Waals surface area contributed by atoms with Crippen LogP contribution in [0.15, 0.2) is 0 Å². The molecule has 0 nitrogen and oxygen atoms in total. The lowest BCUT2D eigenvalue weighted by molar-refractivity contribution is 0.325. The molecule has 0 spiro atoms. The van der Waals surface area contributed by atoms with E-state index in [1.165, 1.54) is 12.7 Å². The molecule has 0 N–H and O–H groups in total. The van der Waals surface area contributed by atoms with E-state index >= 15 is 0 Å². The molecule has 0 aromatic heterocycles. The van der Waals surface area contributed by atoms with Gasteiger partial charge in [0.25, 0.3) is 0 Å². The first-order chi connectivity index (χ1) is 6.04. The molecule has 0 rings (SSSR count). The zero-order valence-electron chi connectivity index (χ0n) is 11.6. The van der Waals surface area contributed by atoms with E-state index in [0.717, 1.165) is 12.6 Å². The zero-order chi connectivity index (χ0) is 11.6. The van der Waals surface area contributed by atoms with Gasteiger partial charge in [0, 0.05) is 0 Å². The highest BCUT2D eigenvalue weighted by molar-refractivity contribution is 6.60. The fourth-order valence-corrected chi connectivity index (χ4v) is 2.57. The van der Waals surface area contributed by atoms with Crippen LogP contribution in [0.5, 0.6) is 0 Å². The van der Waals surface area contributed by atoms with Gasteiger partial charge < -0.3 is 0 Å². The molecule has 0 aliphatic carbocycles. The van der Waals surface area contributed by atoms with Crippen molar-refractivity contribution >= 4 is 6.71 Å². The number of hydrogen-bond donors (Lipinski definition) is 0. The monoisotopic (exact) mass is 196 g/mol. The quantitative estimate of drug-likeness (QED) is 0.556. The van der Waals surface area contributed by atoms with Crippen molar-refractivity contribution in [3.05, 3.63) is 0 Å². The summed E-state index contributed by atoms with van der Waals surface area (Å²) in [6, 6.07) is 0. The van der Waals surface area contributed by atoms with Gasteiger partial charge in [-0.3, -0.25) is 0 Å². The summed E-state index contributed by atoms with van der Waals surface area (Å²) >= 11 is 0. The van der Waals surface area contributed by atoms with Crippen LogP contribution < -0.4 is 0 Å². The van der Waals surface area contributed by atoms with Crippen LogP contribution in [0.25, 0.3) is 0 Å². The molecule has 14 heavy (non-hydrogen) atoms. The molecule has 0 aliphatic heterocycles. The van der Waals surface area contributed by atoms with E-state index in [4.69, 9.17) is 0 Å². The lowest BCUT2D eigenvalue weighted by atomic mass is 9.31. The SMILES string of the molecule is CB(CC(C)C)C(C)(C)CC(C)(C)C. The van der Waals surface area contributed by atoms with Gasteiger partial charge in [0.1, 0.15) is 6.71 Å². The van der Waals surface area contributed by atoms with E-state index < -0.39 is 0 Å². The molecule has 0 radical (unpaired) electrons. The Kier molecular flexibility index (Phi) is 4.75. The van der Waals surface area contributed by atoms with Crippen molar-refractivity contribution in [2.75, 3.05) is 0 Å². The summed E-state index contributed by atoms with van der Waals surface area (Å²) in [5.74, 6) is 0.823. The van der Waals surface area contributed by atoms with Crippen LogP contribution in [-0.2, 0) is 0 Å². The Morgan fingerprint density at radius 3 is 1.71 bits per heavy atom. The van der Waals surface area contributed by atoms with E-state index in [1.807, 2.05) is 0 Å². The van der Waals surface area contributed by atoms with Crippen LogP contribution >= 0.6 is 0 Å². The summed E-state index contributed by atoms with van der Waals surface area (Å²) in [6.07, 6.45) is 2.66. The van der Waals surface area contributed by atoms with Gasteiger partial charge in [-0.15, -0.1) is 0 Å². The molecule has 0 saturated heterocycles. The Balaban J connectivity index is 4.30. The second-order valence-corrected chi connectivity index (χ2v) is 7.26. The summed E-state index contributed by atoms with van der Waals surface area (Å²) in [4.78, 5) is 0. The number of hydrogen-bond acceptors (Lipinski definition) is 0. The van der Waals surface area contributed by atoms with E-state index in [-0.39, 0.29) is 0 Å². The van der Waals surface area contributed by atoms with Crippen molar-refractivity contribution in [1.82, 2.24) is 0 Å².